The molecule has 0 saturated carbocycles. The summed E-state index contributed by atoms with van der Waals surface area (Å²) in [4.78, 5) is 12.8. The first-order chi connectivity index (χ1) is 14.9. The normalized spacial score (nSPS) is 10.9. The molecule has 2 aromatic rings. The first-order valence-electron chi connectivity index (χ1n) is 10.6. The van der Waals surface area contributed by atoms with Crippen LogP contribution in [-0.4, -0.2) is 30.7 Å². The van der Waals surface area contributed by atoms with Gasteiger partial charge in [-0.15, -0.1) is 13.2 Å². The van der Waals surface area contributed by atoms with Gasteiger partial charge in [-0.3, -0.25) is 4.79 Å². The number of ether oxygens (including phenoxy) is 1. The number of hydrogen-bond donors (Lipinski definition) is 4. The van der Waals surface area contributed by atoms with E-state index in [0.717, 1.165) is 41.6 Å². The lowest BCUT2D eigenvalue weighted by atomic mass is 9.96. The van der Waals surface area contributed by atoms with Gasteiger partial charge in [0.25, 0.3) is 5.91 Å². The first-order valence-corrected chi connectivity index (χ1v) is 10.6. The fraction of sp³-hybridized carbons (Fsp3) is 0.320. The number of hydrogen-bond acceptors (Lipinski definition) is 3. The number of phenolic OH excluding ortho intramolecular Hbond substituents is 1. The van der Waals surface area contributed by atoms with Crippen LogP contribution in [0, 0.1) is 0 Å². The van der Waals surface area contributed by atoms with E-state index >= 15 is 0 Å². The highest BCUT2D eigenvalue weighted by molar-refractivity contribution is 5.97. The third kappa shape index (κ3) is 8.41. The number of carbonyl (C=O) groups excluding carboxylic acids is 1. The Hall–Kier alpha value is -2.51. The third-order valence-corrected chi connectivity index (χ3v) is 5.17. The van der Waals surface area contributed by atoms with Crippen molar-refractivity contribution in [3.05, 3.63) is 66.8 Å². The van der Waals surface area contributed by atoms with Crippen LogP contribution in [0.4, 0.5) is 5.69 Å². The molecular formula is C25H35Cl2N3O3. The molecule has 0 fully saturated rings. The second kappa shape index (κ2) is 15.3. The summed E-state index contributed by atoms with van der Waals surface area (Å²) in [5.41, 5.74) is 11.9. The van der Waals surface area contributed by atoms with Gasteiger partial charge in [0.2, 0.25) is 0 Å². The zero-order valence-electron chi connectivity index (χ0n) is 19.2. The molecule has 0 unspecified atom stereocenters. The number of aromatic hydroxyl groups is 1. The molecule has 6 nitrogen and oxygen atoms in total. The van der Waals surface area contributed by atoms with Crippen LogP contribution < -0.4 is 46.3 Å². The summed E-state index contributed by atoms with van der Waals surface area (Å²) in [5.74, 6) is 0.657. The van der Waals surface area contributed by atoms with E-state index in [1.807, 2.05) is 30.3 Å². The lowest BCUT2D eigenvalue weighted by molar-refractivity contribution is -0.405. The van der Waals surface area contributed by atoms with Gasteiger partial charge in [-0.1, -0.05) is 18.2 Å². The van der Waals surface area contributed by atoms with E-state index in [1.165, 1.54) is 0 Å². The largest absolute Gasteiger partial charge is 1.00 e. The van der Waals surface area contributed by atoms with Crippen LogP contribution in [-0.2, 0) is 17.6 Å². The number of anilines is 1. The van der Waals surface area contributed by atoms with Crippen molar-refractivity contribution < 1.29 is 50.9 Å². The maximum absolute atomic E-state index is 12.8. The maximum Gasteiger partial charge on any atom is 0.282 e. The number of nitrogens with one attached hydrogen (secondary N) is 1. The van der Waals surface area contributed by atoms with Crippen molar-refractivity contribution in [3.63, 3.8) is 0 Å². The van der Waals surface area contributed by atoms with E-state index in [-0.39, 0.29) is 42.5 Å². The summed E-state index contributed by atoms with van der Waals surface area (Å²) in [6.07, 6.45) is 7.38. The third-order valence-electron chi connectivity index (χ3n) is 5.17. The second-order valence-electron chi connectivity index (χ2n) is 7.59. The molecule has 0 aromatic heterocycles. The summed E-state index contributed by atoms with van der Waals surface area (Å²) >= 11 is 0. The summed E-state index contributed by atoms with van der Waals surface area (Å²) in [6, 6.07) is 9.01. The van der Waals surface area contributed by atoms with Crippen LogP contribution in [0.25, 0.3) is 11.1 Å². The van der Waals surface area contributed by atoms with E-state index in [9.17, 15) is 9.90 Å². The number of quaternary nitrogens is 2. The minimum absolute atomic E-state index is 0. The molecule has 33 heavy (non-hydrogen) atoms. The lowest BCUT2D eigenvalue weighted by Gasteiger charge is -2.18. The number of carbonyl (C=O) groups is 1. The molecule has 0 heterocycles. The number of unbranched alkanes of at least 4 members (excludes halogenated alkanes) is 1. The summed E-state index contributed by atoms with van der Waals surface area (Å²) in [6.45, 7) is 8.45. The first kappa shape index (κ1) is 30.5. The molecule has 0 bridgehead atoms. The van der Waals surface area contributed by atoms with Crippen LogP contribution in [0.15, 0.2) is 55.6 Å². The molecule has 1 atom stereocenters. The van der Waals surface area contributed by atoms with Gasteiger partial charge in [0.05, 0.1) is 19.3 Å². The van der Waals surface area contributed by atoms with Crippen molar-refractivity contribution in [2.45, 2.75) is 38.1 Å². The Labute approximate surface area is 208 Å². The smallest absolute Gasteiger partial charge is 0.282 e. The molecule has 0 aliphatic carbocycles. The van der Waals surface area contributed by atoms with Crippen molar-refractivity contribution in [1.82, 2.24) is 0 Å². The molecule has 0 saturated heterocycles. The van der Waals surface area contributed by atoms with Crippen LogP contribution in [0.1, 0.15) is 30.4 Å². The predicted molar refractivity (Wildman–Crippen MR) is 125 cm³/mol. The van der Waals surface area contributed by atoms with Gasteiger partial charge in [0.1, 0.15) is 11.5 Å². The SMILES string of the molecule is C=CCc1cc(NC(=O)[C@@H]([NH3+])CCCC[NH3+])c(OC)c(-c2ccc(O)c(CC=C)c2)c1.[Cl-].[Cl-]. The molecule has 1 amide bonds. The van der Waals surface area contributed by atoms with Gasteiger partial charge in [-0.25, -0.2) is 0 Å². The van der Waals surface area contributed by atoms with Crippen molar-refractivity contribution in [2.24, 2.45) is 0 Å². The number of phenols is 1. The lowest BCUT2D eigenvalue weighted by Crippen LogP contribution is -3.00. The van der Waals surface area contributed by atoms with Gasteiger partial charge in [-0.2, -0.15) is 0 Å². The second-order valence-corrected chi connectivity index (χ2v) is 7.59. The van der Waals surface area contributed by atoms with Crippen molar-refractivity contribution >= 4 is 11.6 Å². The number of rotatable bonds is 12. The van der Waals surface area contributed by atoms with Crippen LogP contribution in [0.3, 0.4) is 0 Å². The molecule has 2 rings (SSSR count). The molecule has 182 valence electrons. The van der Waals surface area contributed by atoms with Crippen molar-refractivity contribution in [2.75, 3.05) is 19.0 Å². The molecule has 0 aliphatic rings. The zero-order chi connectivity index (χ0) is 22.8. The van der Waals surface area contributed by atoms with Gasteiger partial charge in [0, 0.05) is 12.0 Å². The molecule has 0 radical (unpaired) electrons. The van der Waals surface area contributed by atoms with Gasteiger partial charge in [0.15, 0.2) is 6.04 Å². The molecular weight excluding hydrogens is 461 g/mol. The van der Waals surface area contributed by atoms with Gasteiger partial charge < -0.3 is 51.4 Å². The van der Waals surface area contributed by atoms with Gasteiger partial charge in [-0.05, 0) is 66.6 Å². The van der Waals surface area contributed by atoms with Gasteiger partial charge >= 0.3 is 0 Å². The summed E-state index contributed by atoms with van der Waals surface area (Å²) in [7, 11) is 1.59. The van der Waals surface area contributed by atoms with E-state index in [2.05, 4.69) is 29.9 Å². The number of benzene rings is 2. The Morgan fingerprint density at radius 1 is 1.15 bits per heavy atom. The topological polar surface area (TPSA) is 114 Å². The molecule has 0 spiro atoms. The van der Waals surface area contributed by atoms with E-state index in [0.29, 0.717) is 30.7 Å². The highest BCUT2D eigenvalue weighted by atomic mass is 35.5. The van der Waals surface area contributed by atoms with Crippen LogP contribution in [0.5, 0.6) is 11.5 Å². The molecule has 0 aliphatic heterocycles. The van der Waals surface area contributed by atoms with Crippen molar-refractivity contribution in [3.8, 4) is 22.6 Å². The highest BCUT2D eigenvalue weighted by Crippen LogP contribution is 2.39. The average molecular weight is 496 g/mol. The quantitative estimate of drug-likeness (QED) is 0.181. The zero-order valence-corrected chi connectivity index (χ0v) is 20.7. The minimum atomic E-state index is -0.351. The van der Waals surface area contributed by atoms with Crippen molar-refractivity contribution in [1.29, 1.82) is 0 Å². The number of methoxy groups -OCH3 is 1. The highest BCUT2D eigenvalue weighted by Gasteiger charge is 2.21. The molecule has 2 aromatic carbocycles. The van der Waals surface area contributed by atoms with E-state index < -0.39 is 0 Å². The minimum Gasteiger partial charge on any atom is -1.00 e. The Balaban J connectivity index is 0.00000512. The van der Waals surface area contributed by atoms with E-state index in [4.69, 9.17) is 4.74 Å². The van der Waals surface area contributed by atoms with E-state index in [1.54, 1.807) is 19.3 Å². The predicted octanol–water partition coefficient (Wildman–Crippen LogP) is -3.51. The fourth-order valence-corrected chi connectivity index (χ4v) is 3.51. The van der Waals surface area contributed by atoms with Crippen LogP contribution in [0.2, 0.25) is 0 Å². The average Bonchev–Trinajstić information content (AvgIpc) is 2.75. The Morgan fingerprint density at radius 3 is 2.45 bits per heavy atom. The monoisotopic (exact) mass is 495 g/mol. The number of allylic oxidation sites excluding steroid dienone is 2. The maximum atomic E-state index is 12.8. The van der Waals surface area contributed by atoms with Crippen LogP contribution >= 0.6 is 0 Å². The Kier molecular flexibility index (Phi) is 14.2. The summed E-state index contributed by atoms with van der Waals surface area (Å²) < 4.78 is 5.72. The fourth-order valence-electron chi connectivity index (χ4n) is 3.51. The molecule has 8 N–H and O–H groups in total. The standard InChI is InChI=1S/C25H33N3O3.2ClH/c1-4-8-17-14-20(18-11-12-23(29)19(16-18)9-5-2)24(31-3)22(15-17)28-25(30)21(27)10-6-7-13-26;;/h4-5,11-12,14-16,21,29H,1-2,6-10,13,26-27H2,3H3,(H,28,30);2*1H/t21-;;/m0../s1. The molecule has 8 heteroatoms. The Bertz CT molecular complexity index is 935. The summed E-state index contributed by atoms with van der Waals surface area (Å²) in [5, 5.41) is 13.1. The Morgan fingerprint density at radius 2 is 1.85 bits per heavy atom. The number of halogens is 2. The number of amides is 1.